The molecule has 0 saturated heterocycles. The summed E-state index contributed by atoms with van der Waals surface area (Å²) < 4.78 is 0. The van der Waals surface area contributed by atoms with Crippen LogP contribution >= 0.6 is 11.8 Å². The summed E-state index contributed by atoms with van der Waals surface area (Å²) in [5.41, 5.74) is 0.993. The van der Waals surface area contributed by atoms with E-state index in [1.807, 2.05) is 30.0 Å². The lowest BCUT2D eigenvalue weighted by atomic mass is 10.2. The van der Waals surface area contributed by atoms with Gasteiger partial charge in [0.2, 0.25) is 0 Å². The largest absolute Gasteiger partial charge is 0.369 e. The van der Waals surface area contributed by atoms with E-state index in [1.165, 1.54) is 11.5 Å². The van der Waals surface area contributed by atoms with Crippen LogP contribution in [0.15, 0.2) is 30.6 Å². The lowest BCUT2D eigenvalue weighted by Gasteiger charge is -2.07. The monoisotopic (exact) mass is 247 g/mol. The second-order valence-electron chi connectivity index (χ2n) is 3.72. The highest BCUT2D eigenvalue weighted by molar-refractivity contribution is 7.99. The van der Waals surface area contributed by atoms with E-state index in [4.69, 9.17) is 0 Å². The van der Waals surface area contributed by atoms with Crippen molar-refractivity contribution in [3.05, 3.63) is 30.6 Å². The lowest BCUT2D eigenvalue weighted by molar-refractivity contribution is 0.981. The minimum absolute atomic E-state index is 0.942. The van der Waals surface area contributed by atoms with Gasteiger partial charge in [0.05, 0.1) is 5.52 Å². The van der Waals surface area contributed by atoms with Crippen molar-refractivity contribution in [1.82, 2.24) is 9.97 Å². The average molecular weight is 247 g/mol. The molecule has 0 saturated carbocycles. The van der Waals surface area contributed by atoms with Crippen LogP contribution in [0.4, 0.5) is 5.82 Å². The van der Waals surface area contributed by atoms with Crippen LogP contribution in [0.25, 0.3) is 10.9 Å². The molecule has 2 rings (SSSR count). The fourth-order valence-electron chi connectivity index (χ4n) is 1.67. The normalized spacial score (nSPS) is 10.6. The zero-order chi connectivity index (χ0) is 11.9. The molecule has 1 N–H and O–H groups in total. The number of hydrogen-bond acceptors (Lipinski definition) is 4. The van der Waals surface area contributed by atoms with Crippen molar-refractivity contribution in [2.24, 2.45) is 0 Å². The first-order valence-corrected chi connectivity index (χ1v) is 7.08. The Bertz CT molecular complexity index is 468. The van der Waals surface area contributed by atoms with Crippen molar-refractivity contribution < 1.29 is 0 Å². The van der Waals surface area contributed by atoms with Crippen LogP contribution in [-0.2, 0) is 0 Å². The zero-order valence-electron chi connectivity index (χ0n) is 10.0. The highest BCUT2D eigenvalue weighted by Crippen LogP contribution is 2.18. The highest BCUT2D eigenvalue weighted by Gasteiger charge is 2.01. The minimum Gasteiger partial charge on any atom is -0.369 e. The van der Waals surface area contributed by atoms with Crippen molar-refractivity contribution in [3.8, 4) is 0 Å². The van der Waals surface area contributed by atoms with E-state index in [0.717, 1.165) is 29.7 Å². The molecule has 1 aromatic heterocycles. The summed E-state index contributed by atoms with van der Waals surface area (Å²) in [4.78, 5) is 8.54. The van der Waals surface area contributed by atoms with Crippen molar-refractivity contribution in [3.63, 3.8) is 0 Å². The van der Waals surface area contributed by atoms with Gasteiger partial charge < -0.3 is 5.32 Å². The van der Waals surface area contributed by atoms with Crippen LogP contribution in [-0.4, -0.2) is 28.0 Å². The molecule has 0 aliphatic rings. The summed E-state index contributed by atoms with van der Waals surface area (Å²) in [6.45, 7) is 3.16. The highest BCUT2D eigenvalue weighted by atomic mass is 32.2. The van der Waals surface area contributed by atoms with Crippen LogP contribution < -0.4 is 5.32 Å². The van der Waals surface area contributed by atoms with E-state index in [-0.39, 0.29) is 0 Å². The van der Waals surface area contributed by atoms with E-state index in [0.29, 0.717) is 0 Å². The molecule has 1 heterocycles. The van der Waals surface area contributed by atoms with Gasteiger partial charge in [-0.25, -0.2) is 9.97 Å². The SMILES string of the molecule is CCSCCCNc1ncnc2ccccc12. The maximum atomic E-state index is 4.30. The third kappa shape index (κ3) is 3.33. The smallest absolute Gasteiger partial charge is 0.137 e. The minimum atomic E-state index is 0.942. The Morgan fingerprint density at radius 2 is 2.12 bits per heavy atom. The Morgan fingerprint density at radius 3 is 3.00 bits per heavy atom. The van der Waals surface area contributed by atoms with Gasteiger partial charge in [0.25, 0.3) is 0 Å². The first-order valence-electron chi connectivity index (χ1n) is 5.93. The Kier molecular flexibility index (Phi) is 4.62. The number of fused-ring (bicyclic) bond motifs is 1. The Hall–Kier alpha value is -1.29. The number of para-hydroxylation sites is 1. The number of hydrogen-bond donors (Lipinski definition) is 1. The molecule has 1 aromatic carbocycles. The van der Waals surface area contributed by atoms with E-state index in [2.05, 4.69) is 28.3 Å². The Balaban J connectivity index is 1.98. The lowest BCUT2D eigenvalue weighted by Crippen LogP contribution is -2.05. The van der Waals surface area contributed by atoms with E-state index < -0.39 is 0 Å². The molecule has 4 heteroatoms. The molecular formula is C13H17N3S. The molecular weight excluding hydrogens is 230 g/mol. The predicted molar refractivity (Wildman–Crippen MR) is 75.6 cm³/mol. The molecule has 0 amide bonds. The van der Waals surface area contributed by atoms with Crippen LogP contribution in [0, 0.1) is 0 Å². The summed E-state index contributed by atoms with van der Waals surface area (Å²) in [5.74, 6) is 3.33. The van der Waals surface area contributed by atoms with Crippen LogP contribution in [0.5, 0.6) is 0 Å². The maximum absolute atomic E-state index is 4.30. The second kappa shape index (κ2) is 6.45. The summed E-state index contributed by atoms with van der Waals surface area (Å²) >= 11 is 1.97. The van der Waals surface area contributed by atoms with E-state index >= 15 is 0 Å². The van der Waals surface area contributed by atoms with Gasteiger partial charge in [-0.1, -0.05) is 19.1 Å². The number of rotatable bonds is 6. The van der Waals surface area contributed by atoms with Gasteiger partial charge >= 0.3 is 0 Å². The summed E-state index contributed by atoms with van der Waals surface area (Å²) in [6, 6.07) is 8.08. The molecule has 0 spiro atoms. The molecule has 0 atom stereocenters. The van der Waals surface area contributed by atoms with Crippen molar-refractivity contribution in [2.75, 3.05) is 23.4 Å². The number of nitrogens with one attached hydrogen (secondary N) is 1. The predicted octanol–water partition coefficient (Wildman–Crippen LogP) is 3.18. The summed E-state index contributed by atoms with van der Waals surface area (Å²) in [7, 11) is 0. The van der Waals surface area contributed by atoms with Crippen LogP contribution in [0.1, 0.15) is 13.3 Å². The molecule has 0 unspecified atom stereocenters. The first-order chi connectivity index (χ1) is 8.42. The fourth-order valence-corrected chi connectivity index (χ4v) is 2.31. The standard InChI is InChI=1S/C13H17N3S/c1-2-17-9-5-8-14-13-11-6-3-4-7-12(11)15-10-16-13/h3-4,6-7,10H,2,5,8-9H2,1H3,(H,14,15,16). The number of benzene rings is 1. The number of anilines is 1. The first kappa shape index (κ1) is 12.2. The zero-order valence-corrected chi connectivity index (χ0v) is 10.8. The van der Waals surface area contributed by atoms with Gasteiger partial charge in [-0.2, -0.15) is 11.8 Å². The van der Waals surface area contributed by atoms with Crippen LogP contribution in [0.2, 0.25) is 0 Å². The van der Waals surface area contributed by atoms with Gasteiger partial charge in [0, 0.05) is 11.9 Å². The summed E-state index contributed by atoms with van der Waals surface area (Å²) in [6.07, 6.45) is 2.78. The average Bonchev–Trinajstić information content (AvgIpc) is 2.39. The third-order valence-electron chi connectivity index (χ3n) is 2.50. The number of aromatic nitrogens is 2. The van der Waals surface area contributed by atoms with Gasteiger partial charge in [-0.15, -0.1) is 0 Å². The van der Waals surface area contributed by atoms with Gasteiger partial charge in [-0.3, -0.25) is 0 Å². The third-order valence-corrected chi connectivity index (χ3v) is 3.49. The summed E-state index contributed by atoms with van der Waals surface area (Å²) in [5, 5.41) is 4.48. The van der Waals surface area contributed by atoms with Crippen molar-refractivity contribution in [2.45, 2.75) is 13.3 Å². The molecule has 0 fully saturated rings. The molecule has 0 aliphatic carbocycles. The Labute approximate surface area is 106 Å². The second-order valence-corrected chi connectivity index (χ2v) is 5.11. The number of thioether (sulfide) groups is 1. The quantitative estimate of drug-likeness (QED) is 0.796. The maximum Gasteiger partial charge on any atom is 0.137 e. The number of nitrogens with zero attached hydrogens (tertiary/aromatic N) is 2. The molecule has 0 aliphatic heterocycles. The van der Waals surface area contributed by atoms with Crippen LogP contribution in [0.3, 0.4) is 0 Å². The molecule has 3 nitrogen and oxygen atoms in total. The Morgan fingerprint density at radius 1 is 1.24 bits per heavy atom. The van der Waals surface area contributed by atoms with E-state index in [1.54, 1.807) is 6.33 Å². The molecule has 0 radical (unpaired) electrons. The van der Waals surface area contributed by atoms with Gasteiger partial charge in [0.1, 0.15) is 12.1 Å². The fraction of sp³-hybridized carbons (Fsp3) is 0.385. The molecule has 90 valence electrons. The molecule has 17 heavy (non-hydrogen) atoms. The van der Waals surface area contributed by atoms with Gasteiger partial charge in [0.15, 0.2) is 0 Å². The van der Waals surface area contributed by atoms with Crippen molar-refractivity contribution >= 4 is 28.5 Å². The van der Waals surface area contributed by atoms with Gasteiger partial charge in [-0.05, 0) is 30.1 Å². The molecule has 0 bridgehead atoms. The topological polar surface area (TPSA) is 37.8 Å². The van der Waals surface area contributed by atoms with Crippen molar-refractivity contribution in [1.29, 1.82) is 0 Å². The van der Waals surface area contributed by atoms with E-state index in [9.17, 15) is 0 Å². The molecule has 2 aromatic rings.